The Hall–Kier alpha value is -5.68. The number of aliphatic carboxylic acids is 1. The Morgan fingerprint density at radius 2 is 1.53 bits per heavy atom. The lowest BCUT2D eigenvalue weighted by molar-refractivity contribution is -0.137. The van der Waals surface area contributed by atoms with Gasteiger partial charge in [-0.2, -0.15) is 0 Å². The van der Waals surface area contributed by atoms with Crippen LogP contribution in [-0.2, 0) is 28.9 Å². The second kappa shape index (κ2) is 15.1. The van der Waals surface area contributed by atoms with E-state index in [1.807, 2.05) is 60.7 Å². The summed E-state index contributed by atoms with van der Waals surface area (Å²) in [5.41, 5.74) is 6.98. The fraction of sp³-hybridized carbons (Fsp3) is 0.333. The lowest BCUT2D eigenvalue weighted by atomic mass is 9.87. The molecule has 1 N–H and O–H groups in total. The Balaban J connectivity index is 1.47. The molecule has 0 aliphatic carbocycles. The highest BCUT2D eigenvalue weighted by Gasteiger charge is 2.35. The van der Waals surface area contributed by atoms with Crippen molar-refractivity contribution in [2.45, 2.75) is 44.6 Å². The third kappa shape index (κ3) is 7.34. The molecular formula is C42H44N2O9. The van der Waals surface area contributed by atoms with E-state index in [-0.39, 0.29) is 31.1 Å². The van der Waals surface area contributed by atoms with Gasteiger partial charge in [0.05, 0.1) is 21.3 Å². The maximum atomic E-state index is 13.3. The van der Waals surface area contributed by atoms with E-state index in [4.69, 9.17) is 28.4 Å². The van der Waals surface area contributed by atoms with Crippen molar-refractivity contribution in [2.24, 2.45) is 0 Å². The molecule has 4 aliphatic rings. The van der Waals surface area contributed by atoms with Crippen LogP contribution in [-0.4, -0.2) is 75.4 Å². The lowest BCUT2D eigenvalue weighted by Crippen LogP contribution is -2.34. The monoisotopic (exact) mass is 720 g/mol. The molecule has 1 atom stereocenters. The van der Waals surface area contributed by atoms with Gasteiger partial charge in [0.1, 0.15) is 5.75 Å². The van der Waals surface area contributed by atoms with E-state index in [2.05, 4.69) is 30.0 Å². The van der Waals surface area contributed by atoms with Crippen LogP contribution in [0.5, 0.6) is 46.0 Å². The number of fused-ring (bicyclic) bond motifs is 2. The van der Waals surface area contributed by atoms with Crippen molar-refractivity contribution >= 4 is 23.7 Å². The van der Waals surface area contributed by atoms with Crippen LogP contribution >= 0.6 is 0 Å². The molecular weight excluding hydrogens is 676 g/mol. The second-order valence-electron chi connectivity index (χ2n) is 13.6. The van der Waals surface area contributed by atoms with E-state index in [9.17, 15) is 14.7 Å². The van der Waals surface area contributed by atoms with Gasteiger partial charge >= 0.3 is 11.9 Å². The minimum absolute atomic E-state index is 0.0900. The number of methoxy groups -OCH3 is 3. The SMILES string of the molecule is COc1ccc2cc1Oc1ccc(cc1)/C=C1\c3cc(c(OC)cc3CCN1C)Oc1c(OC(=O)CCCC(=O)O)c(OC)cc3c1[C@H](C2)N(C)CC3. The Bertz CT molecular complexity index is 2070. The summed E-state index contributed by atoms with van der Waals surface area (Å²) >= 11 is 0. The Morgan fingerprint density at radius 3 is 2.26 bits per heavy atom. The third-order valence-corrected chi connectivity index (χ3v) is 10.2. The lowest BCUT2D eigenvalue weighted by Gasteiger charge is -2.37. The van der Waals surface area contributed by atoms with Crippen LogP contribution in [0.4, 0.5) is 0 Å². The number of nitrogens with zero attached hydrogens (tertiary/aromatic N) is 2. The number of likely N-dealkylation sites (N-methyl/N-ethyl adjacent to an activating group) is 2. The summed E-state index contributed by atoms with van der Waals surface area (Å²) in [4.78, 5) is 29.1. The normalized spacial score (nSPS) is 17.2. The summed E-state index contributed by atoms with van der Waals surface area (Å²) in [5, 5.41) is 9.19. The maximum absolute atomic E-state index is 13.3. The quantitative estimate of drug-likeness (QED) is 0.144. The largest absolute Gasteiger partial charge is 0.493 e. The molecule has 0 saturated heterocycles. The topological polar surface area (TPSA) is 116 Å². The van der Waals surface area contributed by atoms with E-state index in [0.29, 0.717) is 53.1 Å². The number of hydrogen-bond donors (Lipinski definition) is 1. The van der Waals surface area contributed by atoms with Crippen LogP contribution in [0.3, 0.4) is 0 Å². The van der Waals surface area contributed by atoms with Gasteiger partial charge in [0.2, 0.25) is 5.75 Å². The standard InChI is InChI=1S/C42H44N2O9/c1-43-17-15-27-22-34(49-4)36-24-30(27)31(43)19-25-9-12-29(13-10-25)51-35-21-26(11-14-33(35)48-3)20-32-40-28(16-18-44(32)2)23-37(50-5)41(42(40)52-36)53-39(47)8-6-7-38(45)46/h9-14,19,21-24,32H,6-8,15-18,20H2,1-5H3,(H,45,46)/b31-19+/t32-/m0/s1. The number of carboxylic acid groups (broad SMARTS) is 1. The summed E-state index contributed by atoms with van der Waals surface area (Å²) in [6, 6.07) is 19.6. The fourth-order valence-corrected chi connectivity index (χ4v) is 7.35. The predicted molar refractivity (Wildman–Crippen MR) is 200 cm³/mol. The first kappa shape index (κ1) is 35.7. The molecule has 4 aliphatic heterocycles. The molecule has 8 rings (SSSR count). The number of carboxylic acids is 1. The van der Waals surface area contributed by atoms with Crippen LogP contribution in [0.2, 0.25) is 0 Å². The van der Waals surface area contributed by atoms with Crippen LogP contribution in [0, 0.1) is 0 Å². The molecule has 0 spiro atoms. The van der Waals surface area contributed by atoms with Gasteiger partial charge in [-0.3, -0.25) is 14.5 Å². The second-order valence-corrected chi connectivity index (χ2v) is 13.6. The van der Waals surface area contributed by atoms with E-state index < -0.39 is 11.9 Å². The van der Waals surface area contributed by atoms with Gasteiger partial charge in [0.15, 0.2) is 34.5 Å². The summed E-state index contributed by atoms with van der Waals surface area (Å²) in [5.74, 6) is 2.14. The highest BCUT2D eigenvalue weighted by atomic mass is 16.6. The molecule has 0 amide bonds. The van der Waals surface area contributed by atoms with E-state index >= 15 is 0 Å². The van der Waals surface area contributed by atoms with E-state index in [0.717, 1.165) is 58.6 Å². The van der Waals surface area contributed by atoms with Gasteiger partial charge in [0.25, 0.3) is 0 Å². The maximum Gasteiger partial charge on any atom is 0.311 e. The van der Waals surface area contributed by atoms with Gasteiger partial charge in [0, 0.05) is 55.8 Å². The predicted octanol–water partition coefficient (Wildman–Crippen LogP) is 7.53. The number of benzene rings is 4. The van der Waals surface area contributed by atoms with Gasteiger partial charge in [-0.15, -0.1) is 0 Å². The van der Waals surface area contributed by atoms with Crippen molar-refractivity contribution in [3.63, 3.8) is 0 Å². The van der Waals surface area contributed by atoms with E-state index in [1.165, 1.54) is 7.11 Å². The van der Waals surface area contributed by atoms with Gasteiger partial charge in [-0.05, 0) is 104 Å². The summed E-state index contributed by atoms with van der Waals surface area (Å²) in [7, 11) is 8.91. The minimum atomic E-state index is -0.979. The van der Waals surface area contributed by atoms with E-state index in [1.54, 1.807) is 14.2 Å². The highest BCUT2D eigenvalue weighted by molar-refractivity contribution is 5.84. The van der Waals surface area contributed by atoms with Crippen molar-refractivity contribution < 1.29 is 43.1 Å². The average Bonchev–Trinajstić information content (AvgIpc) is 3.14. The smallest absolute Gasteiger partial charge is 0.311 e. The molecule has 4 aromatic carbocycles. The molecule has 0 unspecified atom stereocenters. The van der Waals surface area contributed by atoms with Gasteiger partial charge in [-0.25, -0.2) is 0 Å². The Kier molecular flexibility index (Phi) is 10.2. The minimum Gasteiger partial charge on any atom is -0.493 e. The Labute approximate surface area is 309 Å². The van der Waals surface area contributed by atoms with Crippen LogP contribution in [0.15, 0.2) is 60.7 Å². The molecule has 0 fully saturated rings. The average molecular weight is 721 g/mol. The zero-order valence-electron chi connectivity index (χ0n) is 30.7. The number of esters is 1. The third-order valence-electron chi connectivity index (χ3n) is 10.2. The molecule has 4 aromatic rings. The van der Waals surface area contributed by atoms with Gasteiger partial charge in [-0.1, -0.05) is 18.2 Å². The summed E-state index contributed by atoms with van der Waals surface area (Å²) < 4.78 is 37.1. The summed E-state index contributed by atoms with van der Waals surface area (Å²) in [6.07, 6.45) is 4.12. The molecule has 0 radical (unpaired) electrons. The molecule has 6 bridgehead atoms. The van der Waals surface area contributed by atoms with Crippen molar-refractivity contribution in [1.82, 2.24) is 9.80 Å². The first-order valence-corrected chi connectivity index (χ1v) is 17.8. The first-order valence-electron chi connectivity index (χ1n) is 17.8. The number of carbonyl (C=O) groups is 2. The van der Waals surface area contributed by atoms with Crippen molar-refractivity contribution in [2.75, 3.05) is 48.5 Å². The molecule has 11 nitrogen and oxygen atoms in total. The van der Waals surface area contributed by atoms with Crippen molar-refractivity contribution in [3.05, 3.63) is 94.0 Å². The van der Waals surface area contributed by atoms with Crippen LogP contribution < -0.4 is 28.4 Å². The highest BCUT2D eigenvalue weighted by Crippen LogP contribution is 2.52. The van der Waals surface area contributed by atoms with Crippen molar-refractivity contribution in [1.29, 1.82) is 0 Å². The summed E-state index contributed by atoms with van der Waals surface area (Å²) in [6.45, 7) is 1.59. The van der Waals surface area contributed by atoms with Gasteiger partial charge < -0.3 is 38.4 Å². The zero-order chi connectivity index (χ0) is 37.2. The molecule has 11 heteroatoms. The van der Waals surface area contributed by atoms with Crippen LogP contribution in [0.25, 0.3) is 11.8 Å². The number of rotatable bonds is 8. The fourth-order valence-electron chi connectivity index (χ4n) is 7.35. The number of ether oxygens (including phenoxy) is 6. The number of hydrogen-bond acceptors (Lipinski definition) is 10. The molecule has 53 heavy (non-hydrogen) atoms. The molecule has 0 saturated carbocycles. The van der Waals surface area contributed by atoms with Crippen molar-refractivity contribution in [3.8, 4) is 46.0 Å². The number of carbonyl (C=O) groups excluding carboxylic acids is 1. The molecule has 0 aromatic heterocycles. The molecule has 276 valence electrons. The molecule has 4 heterocycles. The first-order chi connectivity index (χ1) is 25.6. The van der Waals surface area contributed by atoms with Crippen LogP contribution in [0.1, 0.15) is 58.7 Å². The Morgan fingerprint density at radius 1 is 0.811 bits per heavy atom. The zero-order valence-corrected chi connectivity index (χ0v) is 30.7.